The number of hydrogen-bond donors (Lipinski definition) is 0. The van der Waals surface area contributed by atoms with E-state index in [2.05, 4.69) is 11.1 Å². The molecule has 3 heteroatoms. The average molecular weight is 226 g/mol. The Bertz CT molecular complexity index is 572. The minimum atomic E-state index is -0.00874. The summed E-state index contributed by atoms with van der Waals surface area (Å²) < 4.78 is 5.17. The zero-order valence-corrected chi connectivity index (χ0v) is 9.97. The van der Waals surface area contributed by atoms with Gasteiger partial charge in [0, 0.05) is 29.5 Å². The number of nitrogens with zero attached hydrogens (tertiary/aromatic N) is 2. The molecule has 0 aliphatic heterocycles. The Kier molecular flexibility index (Phi) is 3.24. The quantitative estimate of drug-likeness (QED) is 0.808. The summed E-state index contributed by atoms with van der Waals surface area (Å²) in [4.78, 5) is 4.54. The van der Waals surface area contributed by atoms with Gasteiger partial charge in [0.05, 0.1) is 18.7 Å². The fourth-order valence-electron chi connectivity index (χ4n) is 1.74. The van der Waals surface area contributed by atoms with Crippen LogP contribution in [0.3, 0.4) is 0 Å². The van der Waals surface area contributed by atoms with Crippen LogP contribution in [0.5, 0.6) is 5.75 Å². The maximum Gasteiger partial charge on any atom is 0.121 e. The molecule has 0 fully saturated rings. The number of nitriles is 1. The second-order valence-corrected chi connectivity index (χ2v) is 4.10. The molecule has 1 aromatic carbocycles. The van der Waals surface area contributed by atoms with Gasteiger partial charge in [-0.15, -0.1) is 0 Å². The Morgan fingerprint density at radius 1 is 1.35 bits per heavy atom. The molecule has 0 spiro atoms. The molecule has 17 heavy (non-hydrogen) atoms. The smallest absolute Gasteiger partial charge is 0.121 e. The minimum absolute atomic E-state index is 0.00874. The summed E-state index contributed by atoms with van der Waals surface area (Å²) in [5.74, 6) is 0.793. The normalized spacial score (nSPS) is 12.1. The van der Waals surface area contributed by atoms with E-state index in [0.29, 0.717) is 6.42 Å². The highest BCUT2D eigenvalue weighted by atomic mass is 16.5. The number of ether oxygens (including phenoxy) is 1. The van der Waals surface area contributed by atoms with E-state index in [0.717, 1.165) is 22.3 Å². The van der Waals surface area contributed by atoms with Crippen LogP contribution in [-0.2, 0) is 6.42 Å². The molecule has 2 aromatic rings. The van der Waals surface area contributed by atoms with Crippen molar-refractivity contribution in [3.8, 4) is 11.8 Å². The monoisotopic (exact) mass is 226 g/mol. The van der Waals surface area contributed by atoms with Crippen LogP contribution in [0.1, 0.15) is 12.6 Å². The van der Waals surface area contributed by atoms with Gasteiger partial charge in [0.25, 0.3) is 0 Å². The average Bonchev–Trinajstić information content (AvgIpc) is 2.37. The van der Waals surface area contributed by atoms with Crippen molar-refractivity contribution < 1.29 is 4.74 Å². The molecule has 1 heterocycles. The molecule has 0 aliphatic rings. The summed E-state index contributed by atoms with van der Waals surface area (Å²) in [6.07, 6.45) is 0.684. The Balaban J connectivity index is 2.38. The predicted octanol–water partition coefficient (Wildman–Crippen LogP) is 2.95. The first-order chi connectivity index (χ1) is 8.22. The SMILES string of the molecule is COc1ccc2ccc(CC(C)C#N)nc2c1. The first-order valence-corrected chi connectivity index (χ1v) is 5.56. The van der Waals surface area contributed by atoms with E-state index >= 15 is 0 Å². The number of fused-ring (bicyclic) bond motifs is 1. The number of aromatic nitrogens is 1. The van der Waals surface area contributed by atoms with Crippen molar-refractivity contribution in [3.05, 3.63) is 36.0 Å². The van der Waals surface area contributed by atoms with E-state index in [1.807, 2.05) is 37.3 Å². The number of benzene rings is 1. The van der Waals surface area contributed by atoms with Gasteiger partial charge < -0.3 is 4.74 Å². The van der Waals surface area contributed by atoms with E-state index in [4.69, 9.17) is 10.00 Å². The van der Waals surface area contributed by atoms with Crippen LogP contribution in [-0.4, -0.2) is 12.1 Å². The second-order valence-electron chi connectivity index (χ2n) is 4.10. The largest absolute Gasteiger partial charge is 0.497 e. The summed E-state index contributed by atoms with van der Waals surface area (Å²) in [5, 5.41) is 9.88. The molecule has 0 bridgehead atoms. The van der Waals surface area contributed by atoms with Crippen LogP contribution in [0.25, 0.3) is 10.9 Å². The van der Waals surface area contributed by atoms with Crippen molar-refractivity contribution in [2.24, 2.45) is 5.92 Å². The van der Waals surface area contributed by atoms with Crippen LogP contribution in [0.15, 0.2) is 30.3 Å². The Hall–Kier alpha value is -2.08. The fraction of sp³-hybridized carbons (Fsp3) is 0.286. The number of methoxy groups -OCH3 is 1. The summed E-state index contributed by atoms with van der Waals surface area (Å²) in [6, 6.07) is 12.0. The zero-order valence-electron chi connectivity index (χ0n) is 9.97. The Labute approximate surface area is 101 Å². The van der Waals surface area contributed by atoms with Gasteiger partial charge in [-0.2, -0.15) is 5.26 Å². The van der Waals surface area contributed by atoms with Gasteiger partial charge in [0.1, 0.15) is 5.75 Å². The highest BCUT2D eigenvalue weighted by Crippen LogP contribution is 2.20. The van der Waals surface area contributed by atoms with Gasteiger partial charge in [-0.3, -0.25) is 4.98 Å². The Morgan fingerprint density at radius 3 is 2.82 bits per heavy atom. The van der Waals surface area contributed by atoms with Crippen LogP contribution in [0, 0.1) is 17.2 Å². The highest BCUT2D eigenvalue weighted by molar-refractivity contribution is 5.80. The molecule has 0 saturated heterocycles. The molecule has 1 unspecified atom stereocenters. The van der Waals surface area contributed by atoms with Crippen molar-refractivity contribution in [1.82, 2.24) is 4.98 Å². The van der Waals surface area contributed by atoms with E-state index in [-0.39, 0.29) is 5.92 Å². The third-order valence-electron chi connectivity index (χ3n) is 2.69. The molecule has 0 saturated carbocycles. The lowest BCUT2D eigenvalue weighted by Crippen LogP contribution is -1.99. The third kappa shape index (κ3) is 2.54. The van der Waals surface area contributed by atoms with Gasteiger partial charge in [-0.25, -0.2) is 0 Å². The topological polar surface area (TPSA) is 45.9 Å². The van der Waals surface area contributed by atoms with Gasteiger partial charge in [0.2, 0.25) is 0 Å². The molecule has 0 N–H and O–H groups in total. The number of rotatable bonds is 3. The molecule has 0 radical (unpaired) electrons. The van der Waals surface area contributed by atoms with Crippen molar-refractivity contribution >= 4 is 10.9 Å². The van der Waals surface area contributed by atoms with E-state index in [1.165, 1.54) is 0 Å². The summed E-state index contributed by atoms with van der Waals surface area (Å²) in [5.41, 5.74) is 1.85. The van der Waals surface area contributed by atoms with Gasteiger partial charge in [-0.05, 0) is 25.1 Å². The van der Waals surface area contributed by atoms with E-state index in [1.54, 1.807) is 7.11 Å². The molecule has 86 valence electrons. The molecule has 2 rings (SSSR count). The van der Waals surface area contributed by atoms with Gasteiger partial charge >= 0.3 is 0 Å². The molecule has 1 aromatic heterocycles. The lowest BCUT2D eigenvalue weighted by Gasteiger charge is -2.05. The van der Waals surface area contributed by atoms with Crippen LogP contribution in [0.4, 0.5) is 0 Å². The molecular weight excluding hydrogens is 212 g/mol. The zero-order chi connectivity index (χ0) is 12.3. The maximum absolute atomic E-state index is 8.79. The highest BCUT2D eigenvalue weighted by Gasteiger charge is 2.04. The summed E-state index contributed by atoms with van der Waals surface area (Å²) >= 11 is 0. The standard InChI is InChI=1S/C14H14N2O/c1-10(9-15)7-12-5-3-11-4-6-13(17-2)8-14(11)16-12/h3-6,8,10H,7H2,1-2H3. The van der Waals surface area contributed by atoms with Crippen molar-refractivity contribution in [3.63, 3.8) is 0 Å². The summed E-state index contributed by atoms with van der Waals surface area (Å²) in [7, 11) is 1.64. The van der Waals surface area contributed by atoms with Crippen LogP contribution >= 0.6 is 0 Å². The number of hydrogen-bond acceptors (Lipinski definition) is 3. The van der Waals surface area contributed by atoms with E-state index in [9.17, 15) is 0 Å². The maximum atomic E-state index is 8.79. The minimum Gasteiger partial charge on any atom is -0.497 e. The predicted molar refractivity (Wildman–Crippen MR) is 66.8 cm³/mol. The second kappa shape index (κ2) is 4.84. The van der Waals surface area contributed by atoms with Crippen molar-refractivity contribution in [1.29, 1.82) is 5.26 Å². The molecule has 1 atom stereocenters. The first-order valence-electron chi connectivity index (χ1n) is 5.56. The molecular formula is C14H14N2O. The van der Waals surface area contributed by atoms with Crippen LogP contribution in [0.2, 0.25) is 0 Å². The number of pyridine rings is 1. The van der Waals surface area contributed by atoms with Gasteiger partial charge in [0.15, 0.2) is 0 Å². The van der Waals surface area contributed by atoms with Crippen molar-refractivity contribution in [2.75, 3.05) is 7.11 Å². The lowest BCUT2D eigenvalue weighted by molar-refractivity contribution is 0.415. The molecule has 3 nitrogen and oxygen atoms in total. The summed E-state index contributed by atoms with van der Waals surface area (Å²) in [6.45, 7) is 1.90. The van der Waals surface area contributed by atoms with E-state index < -0.39 is 0 Å². The molecule has 0 aliphatic carbocycles. The van der Waals surface area contributed by atoms with Crippen molar-refractivity contribution in [2.45, 2.75) is 13.3 Å². The fourth-order valence-corrected chi connectivity index (χ4v) is 1.74. The first kappa shape index (κ1) is 11.4. The molecule has 0 amide bonds. The van der Waals surface area contributed by atoms with Crippen LogP contribution < -0.4 is 4.74 Å². The lowest BCUT2D eigenvalue weighted by atomic mass is 10.1. The van der Waals surface area contributed by atoms with Gasteiger partial charge in [-0.1, -0.05) is 6.07 Å². The Morgan fingerprint density at radius 2 is 2.12 bits per heavy atom. The third-order valence-corrected chi connectivity index (χ3v) is 2.69.